The number of rotatable bonds is 4. The van der Waals surface area contributed by atoms with Crippen molar-refractivity contribution in [2.75, 3.05) is 19.0 Å². The van der Waals surface area contributed by atoms with Crippen molar-refractivity contribution in [2.45, 2.75) is 13.0 Å². The van der Waals surface area contributed by atoms with Gasteiger partial charge in [-0.2, -0.15) is 0 Å². The summed E-state index contributed by atoms with van der Waals surface area (Å²) in [6, 6.07) is 12.5. The van der Waals surface area contributed by atoms with Gasteiger partial charge in [-0.15, -0.1) is 0 Å². The Kier molecular flexibility index (Phi) is 5.33. The monoisotopic (exact) mass is 336 g/mol. The van der Waals surface area contributed by atoms with Crippen LogP contribution in [0.3, 0.4) is 0 Å². The van der Waals surface area contributed by atoms with E-state index in [1.165, 1.54) is 0 Å². The Bertz CT molecular complexity index is 686. The van der Waals surface area contributed by atoms with Crippen molar-refractivity contribution in [3.63, 3.8) is 0 Å². The molecule has 0 heterocycles. The highest BCUT2D eigenvalue weighted by atomic mass is 35.5. The molecule has 1 amide bonds. The first-order valence-electron chi connectivity index (χ1n) is 6.91. The van der Waals surface area contributed by atoms with E-state index in [0.717, 1.165) is 11.3 Å². The number of carbonyl (C=O) groups is 1. The summed E-state index contributed by atoms with van der Waals surface area (Å²) in [5.74, 6) is -0.137. The molecular weight excluding hydrogens is 319 g/mol. The number of nitrogens with one attached hydrogen (secondary N) is 1. The van der Waals surface area contributed by atoms with Gasteiger partial charge in [-0.1, -0.05) is 35.3 Å². The van der Waals surface area contributed by atoms with Crippen molar-refractivity contribution in [1.82, 2.24) is 5.32 Å². The molecule has 0 aliphatic carbocycles. The van der Waals surface area contributed by atoms with Crippen LogP contribution in [0, 0.1) is 0 Å². The molecule has 2 aromatic rings. The average Bonchev–Trinajstić information content (AvgIpc) is 2.47. The molecule has 5 heteroatoms. The largest absolute Gasteiger partial charge is 0.378 e. The lowest BCUT2D eigenvalue weighted by molar-refractivity contribution is 0.0940. The molecule has 1 atom stereocenters. The number of anilines is 1. The Labute approximate surface area is 140 Å². The minimum absolute atomic E-state index is 0.137. The number of hydrogen-bond donors (Lipinski definition) is 1. The van der Waals surface area contributed by atoms with E-state index in [9.17, 15) is 4.79 Å². The van der Waals surface area contributed by atoms with E-state index >= 15 is 0 Å². The summed E-state index contributed by atoms with van der Waals surface area (Å²) < 4.78 is 0. The SMILES string of the molecule is CC(NC(=O)c1cccc(N(C)C)c1)c1ccc(Cl)cc1Cl. The van der Waals surface area contributed by atoms with Crippen LogP contribution in [0.15, 0.2) is 42.5 Å². The van der Waals surface area contributed by atoms with Gasteiger partial charge in [-0.05, 0) is 42.8 Å². The number of benzene rings is 2. The topological polar surface area (TPSA) is 32.3 Å². The molecule has 0 aromatic heterocycles. The predicted octanol–water partition coefficient (Wildman–Crippen LogP) is 4.55. The summed E-state index contributed by atoms with van der Waals surface area (Å²) in [7, 11) is 3.88. The lowest BCUT2D eigenvalue weighted by Gasteiger charge is -2.17. The molecule has 0 fully saturated rings. The molecule has 116 valence electrons. The molecular formula is C17H18Cl2N2O. The molecule has 1 unspecified atom stereocenters. The molecule has 0 saturated carbocycles. The first-order chi connectivity index (χ1) is 10.4. The highest BCUT2D eigenvalue weighted by Crippen LogP contribution is 2.26. The van der Waals surface area contributed by atoms with Crippen LogP contribution in [-0.2, 0) is 0 Å². The summed E-state index contributed by atoms with van der Waals surface area (Å²) in [6.07, 6.45) is 0. The van der Waals surface area contributed by atoms with Crippen LogP contribution in [0.25, 0.3) is 0 Å². The molecule has 2 rings (SSSR count). The van der Waals surface area contributed by atoms with Gasteiger partial charge >= 0.3 is 0 Å². The number of hydrogen-bond acceptors (Lipinski definition) is 2. The van der Waals surface area contributed by atoms with E-state index in [2.05, 4.69) is 5.32 Å². The Morgan fingerprint density at radius 2 is 1.86 bits per heavy atom. The zero-order valence-corrected chi connectivity index (χ0v) is 14.2. The number of carbonyl (C=O) groups excluding carboxylic acids is 1. The van der Waals surface area contributed by atoms with Crippen LogP contribution in [0.1, 0.15) is 28.9 Å². The van der Waals surface area contributed by atoms with Crippen LogP contribution in [0.2, 0.25) is 10.0 Å². The minimum atomic E-state index is -0.208. The first-order valence-corrected chi connectivity index (χ1v) is 7.67. The quantitative estimate of drug-likeness (QED) is 0.888. The van der Waals surface area contributed by atoms with Gasteiger partial charge in [-0.25, -0.2) is 0 Å². The maximum absolute atomic E-state index is 12.4. The fourth-order valence-corrected chi connectivity index (χ4v) is 2.71. The first kappa shape index (κ1) is 16.7. The van der Waals surface area contributed by atoms with E-state index in [4.69, 9.17) is 23.2 Å². The van der Waals surface area contributed by atoms with Crippen molar-refractivity contribution in [3.05, 3.63) is 63.6 Å². The number of halogens is 2. The summed E-state index contributed by atoms with van der Waals surface area (Å²) in [6.45, 7) is 1.89. The Hall–Kier alpha value is -1.71. The fraction of sp³-hybridized carbons (Fsp3) is 0.235. The Morgan fingerprint density at radius 3 is 2.50 bits per heavy atom. The molecule has 1 N–H and O–H groups in total. The molecule has 0 aliphatic heterocycles. The third kappa shape index (κ3) is 3.93. The molecule has 22 heavy (non-hydrogen) atoms. The summed E-state index contributed by atoms with van der Waals surface area (Å²) >= 11 is 12.1. The lowest BCUT2D eigenvalue weighted by atomic mass is 10.1. The van der Waals surface area contributed by atoms with Crippen LogP contribution < -0.4 is 10.2 Å². The zero-order valence-electron chi connectivity index (χ0n) is 12.7. The van der Waals surface area contributed by atoms with E-state index in [-0.39, 0.29) is 11.9 Å². The van der Waals surface area contributed by atoms with Crippen molar-refractivity contribution < 1.29 is 4.79 Å². The molecule has 0 bridgehead atoms. The van der Waals surface area contributed by atoms with Gasteiger partial charge in [0.1, 0.15) is 0 Å². The van der Waals surface area contributed by atoms with Crippen molar-refractivity contribution in [3.8, 4) is 0 Å². The summed E-state index contributed by atoms with van der Waals surface area (Å²) in [4.78, 5) is 14.3. The van der Waals surface area contributed by atoms with Crippen molar-refractivity contribution in [2.24, 2.45) is 0 Å². The van der Waals surface area contributed by atoms with E-state index in [1.807, 2.05) is 50.2 Å². The summed E-state index contributed by atoms with van der Waals surface area (Å²) in [5, 5.41) is 4.07. The van der Waals surface area contributed by atoms with Gasteiger partial charge in [0.25, 0.3) is 5.91 Å². The van der Waals surface area contributed by atoms with Crippen molar-refractivity contribution >= 4 is 34.8 Å². The van der Waals surface area contributed by atoms with Gasteiger partial charge in [0, 0.05) is 35.4 Å². The predicted molar refractivity (Wildman–Crippen MR) is 93.1 cm³/mol. The van der Waals surface area contributed by atoms with Crippen LogP contribution in [0.4, 0.5) is 5.69 Å². The third-order valence-electron chi connectivity index (χ3n) is 3.40. The van der Waals surface area contributed by atoms with Crippen LogP contribution in [0.5, 0.6) is 0 Å². The van der Waals surface area contributed by atoms with Gasteiger partial charge < -0.3 is 10.2 Å². The molecule has 3 nitrogen and oxygen atoms in total. The van der Waals surface area contributed by atoms with E-state index in [0.29, 0.717) is 15.6 Å². The van der Waals surface area contributed by atoms with E-state index in [1.54, 1.807) is 18.2 Å². The Morgan fingerprint density at radius 1 is 1.14 bits per heavy atom. The normalized spacial score (nSPS) is 11.9. The smallest absolute Gasteiger partial charge is 0.251 e. The molecule has 0 radical (unpaired) electrons. The summed E-state index contributed by atoms with van der Waals surface area (Å²) in [5.41, 5.74) is 2.43. The van der Waals surface area contributed by atoms with Gasteiger partial charge in [0.05, 0.1) is 6.04 Å². The number of amides is 1. The highest BCUT2D eigenvalue weighted by molar-refractivity contribution is 6.35. The van der Waals surface area contributed by atoms with Gasteiger partial charge in [-0.3, -0.25) is 4.79 Å². The fourth-order valence-electron chi connectivity index (χ4n) is 2.14. The van der Waals surface area contributed by atoms with Gasteiger partial charge in [0.2, 0.25) is 0 Å². The maximum Gasteiger partial charge on any atom is 0.251 e. The minimum Gasteiger partial charge on any atom is -0.378 e. The average molecular weight is 337 g/mol. The molecule has 0 spiro atoms. The molecule has 0 saturated heterocycles. The van der Waals surface area contributed by atoms with Crippen molar-refractivity contribution in [1.29, 1.82) is 0 Å². The second-order valence-corrected chi connectivity index (χ2v) is 6.15. The van der Waals surface area contributed by atoms with Crippen LogP contribution >= 0.6 is 23.2 Å². The standard InChI is InChI=1S/C17H18Cl2N2O/c1-11(15-8-7-13(18)10-16(15)19)20-17(22)12-5-4-6-14(9-12)21(2)3/h4-11H,1-3H3,(H,20,22). The second kappa shape index (κ2) is 7.03. The molecule has 2 aromatic carbocycles. The van der Waals surface area contributed by atoms with Crippen LogP contribution in [-0.4, -0.2) is 20.0 Å². The third-order valence-corrected chi connectivity index (χ3v) is 3.96. The zero-order chi connectivity index (χ0) is 16.3. The second-order valence-electron chi connectivity index (χ2n) is 5.31. The number of nitrogens with zero attached hydrogens (tertiary/aromatic N) is 1. The van der Waals surface area contributed by atoms with Gasteiger partial charge in [0.15, 0.2) is 0 Å². The molecule has 0 aliphatic rings. The highest BCUT2D eigenvalue weighted by Gasteiger charge is 2.14. The Balaban J connectivity index is 2.16. The van der Waals surface area contributed by atoms with E-state index < -0.39 is 0 Å². The maximum atomic E-state index is 12.4. The lowest BCUT2D eigenvalue weighted by Crippen LogP contribution is -2.27.